The molecule has 112 valence electrons. The molecular weight excluding hydrogens is 272 g/mol. The van der Waals surface area contributed by atoms with Crippen molar-refractivity contribution in [1.82, 2.24) is 0 Å². The number of hydrogen-bond donors (Lipinski definition) is 1. The average molecular weight is 291 g/mol. The van der Waals surface area contributed by atoms with Crippen LogP contribution in [0, 0.1) is 11.6 Å². The van der Waals surface area contributed by atoms with E-state index in [2.05, 4.69) is 0 Å². The van der Waals surface area contributed by atoms with Crippen LogP contribution in [-0.2, 0) is 13.0 Å². The van der Waals surface area contributed by atoms with Crippen molar-refractivity contribution in [2.75, 3.05) is 0 Å². The second-order valence-corrected chi connectivity index (χ2v) is 5.05. The second kappa shape index (κ2) is 7.18. The number of benzene rings is 2. The van der Waals surface area contributed by atoms with Crippen LogP contribution in [0.2, 0.25) is 0 Å². The van der Waals surface area contributed by atoms with Gasteiger partial charge >= 0.3 is 0 Å². The van der Waals surface area contributed by atoms with Crippen LogP contribution in [0.5, 0.6) is 5.75 Å². The standard InChI is InChI=1S/C17H19F2NO/c1-2-16(20)9-13-5-3-4-6-17(13)21-11-12-7-14(18)10-15(19)8-12/h3-8,10,16H,2,9,11,20H2,1H3. The molecule has 0 amide bonds. The van der Waals surface area contributed by atoms with Gasteiger partial charge in [-0.3, -0.25) is 0 Å². The van der Waals surface area contributed by atoms with E-state index in [4.69, 9.17) is 10.5 Å². The third kappa shape index (κ3) is 4.53. The summed E-state index contributed by atoms with van der Waals surface area (Å²) in [6.07, 6.45) is 1.59. The molecule has 0 aliphatic carbocycles. The van der Waals surface area contributed by atoms with E-state index in [9.17, 15) is 8.78 Å². The quantitative estimate of drug-likeness (QED) is 0.878. The van der Waals surface area contributed by atoms with Gasteiger partial charge in [-0.05, 0) is 42.2 Å². The minimum atomic E-state index is -0.602. The molecule has 2 N–H and O–H groups in total. The zero-order chi connectivity index (χ0) is 15.2. The first-order chi connectivity index (χ1) is 10.1. The lowest BCUT2D eigenvalue weighted by Crippen LogP contribution is -2.21. The third-order valence-corrected chi connectivity index (χ3v) is 3.30. The molecule has 0 radical (unpaired) electrons. The van der Waals surface area contributed by atoms with E-state index >= 15 is 0 Å². The minimum absolute atomic E-state index is 0.0707. The highest BCUT2D eigenvalue weighted by Gasteiger charge is 2.08. The normalized spacial score (nSPS) is 12.2. The van der Waals surface area contributed by atoms with Crippen molar-refractivity contribution < 1.29 is 13.5 Å². The maximum Gasteiger partial charge on any atom is 0.126 e. The van der Waals surface area contributed by atoms with Crippen molar-refractivity contribution in [3.8, 4) is 5.75 Å². The summed E-state index contributed by atoms with van der Waals surface area (Å²) < 4.78 is 32.0. The molecule has 0 spiro atoms. The monoisotopic (exact) mass is 291 g/mol. The first-order valence-electron chi connectivity index (χ1n) is 6.99. The van der Waals surface area contributed by atoms with Gasteiger partial charge in [0.25, 0.3) is 0 Å². The molecule has 2 aromatic carbocycles. The number of para-hydroxylation sites is 1. The first-order valence-corrected chi connectivity index (χ1v) is 6.99. The van der Waals surface area contributed by atoms with Crippen LogP contribution in [0.25, 0.3) is 0 Å². The van der Waals surface area contributed by atoms with Crippen LogP contribution in [0.1, 0.15) is 24.5 Å². The molecule has 2 aromatic rings. The van der Waals surface area contributed by atoms with Gasteiger partial charge in [0.15, 0.2) is 0 Å². The molecule has 0 saturated carbocycles. The Hall–Kier alpha value is -1.94. The zero-order valence-corrected chi connectivity index (χ0v) is 12.0. The molecule has 0 fully saturated rings. The predicted octanol–water partition coefficient (Wildman–Crippen LogP) is 3.82. The van der Waals surface area contributed by atoms with E-state index in [1.807, 2.05) is 31.2 Å². The molecule has 0 aromatic heterocycles. The molecule has 21 heavy (non-hydrogen) atoms. The summed E-state index contributed by atoms with van der Waals surface area (Å²) in [5.74, 6) is -0.504. The van der Waals surface area contributed by atoms with Gasteiger partial charge in [-0.15, -0.1) is 0 Å². The smallest absolute Gasteiger partial charge is 0.126 e. The highest BCUT2D eigenvalue weighted by Crippen LogP contribution is 2.21. The molecule has 0 aliphatic rings. The summed E-state index contributed by atoms with van der Waals surface area (Å²) in [6, 6.07) is 11.0. The average Bonchev–Trinajstić information content (AvgIpc) is 2.45. The largest absolute Gasteiger partial charge is 0.489 e. The minimum Gasteiger partial charge on any atom is -0.489 e. The number of rotatable bonds is 6. The van der Waals surface area contributed by atoms with E-state index < -0.39 is 11.6 Å². The fraction of sp³-hybridized carbons (Fsp3) is 0.294. The number of nitrogens with two attached hydrogens (primary N) is 1. The van der Waals surface area contributed by atoms with E-state index in [1.54, 1.807) is 0 Å². The third-order valence-electron chi connectivity index (χ3n) is 3.30. The Morgan fingerprint density at radius 1 is 1.10 bits per heavy atom. The van der Waals surface area contributed by atoms with Crippen LogP contribution in [0.4, 0.5) is 8.78 Å². The van der Waals surface area contributed by atoms with Crippen molar-refractivity contribution in [3.63, 3.8) is 0 Å². The van der Waals surface area contributed by atoms with Gasteiger partial charge < -0.3 is 10.5 Å². The molecule has 0 heterocycles. The summed E-state index contributed by atoms with van der Waals surface area (Å²) in [6.45, 7) is 2.15. The van der Waals surface area contributed by atoms with E-state index in [0.717, 1.165) is 18.1 Å². The summed E-state index contributed by atoms with van der Waals surface area (Å²) in [4.78, 5) is 0. The molecule has 0 bridgehead atoms. The lowest BCUT2D eigenvalue weighted by Gasteiger charge is -2.14. The maximum atomic E-state index is 13.1. The molecule has 0 aliphatic heterocycles. The Morgan fingerprint density at radius 3 is 2.43 bits per heavy atom. The van der Waals surface area contributed by atoms with Crippen LogP contribution >= 0.6 is 0 Å². The molecular formula is C17H19F2NO. The number of hydrogen-bond acceptors (Lipinski definition) is 2. The first kappa shape index (κ1) is 15.4. The number of halogens is 2. The fourth-order valence-electron chi connectivity index (χ4n) is 2.10. The molecule has 1 unspecified atom stereocenters. The zero-order valence-electron chi connectivity index (χ0n) is 12.0. The molecule has 2 nitrogen and oxygen atoms in total. The summed E-state index contributed by atoms with van der Waals surface area (Å²) in [7, 11) is 0. The molecule has 4 heteroatoms. The Bertz CT molecular complexity index is 581. The molecule has 2 rings (SSSR count). The van der Waals surface area contributed by atoms with Crippen LogP contribution in [0.3, 0.4) is 0 Å². The predicted molar refractivity (Wildman–Crippen MR) is 79.1 cm³/mol. The Labute approximate surface area is 123 Å². The highest BCUT2D eigenvalue weighted by atomic mass is 19.1. The summed E-state index contributed by atoms with van der Waals surface area (Å²) >= 11 is 0. The summed E-state index contributed by atoms with van der Waals surface area (Å²) in [5.41, 5.74) is 7.43. The Kier molecular flexibility index (Phi) is 5.28. The van der Waals surface area contributed by atoms with E-state index in [1.165, 1.54) is 12.1 Å². The summed E-state index contributed by atoms with van der Waals surface area (Å²) in [5, 5.41) is 0. The fourth-order valence-corrected chi connectivity index (χ4v) is 2.10. The SMILES string of the molecule is CCC(N)Cc1ccccc1OCc1cc(F)cc(F)c1. The van der Waals surface area contributed by atoms with Crippen molar-refractivity contribution in [3.05, 3.63) is 65.2 Å². The van der Waals surface area contributed by atoms with Crippen LogP contribution in [-0.4, -0.2) is 6.04 Å². The highest BCUT2D eigenvalue weighted by molar-refractivity contribution is 5.34. The van der Waals surface area contributed by atoms with Crippen molar-refractivity contribution >= 4 is 0 Å². The molecule has 1 atom stereocenters. The second-order valence-electron chi connectivity index (χ2n) is 5.05. The van der Waals surface area contributed by atoms with Gasteiger partial charge in [-0.1, -0.05) is 25.1 Å². The van der Waals surface area contributed by atoms with Crippen LogP contribution in [0.15, 0.2) is 42.5 Å². The lowest BCUT2D eigenvalue weighted by atomic mass is 10.0. The topological polar surface area (TPSA) is 35.2 Å². The van der Waals surface area contributed by atoms with E-state index in [0.29, 0.717) is 17.7 Å². The van der Waals surface area contributed by atoms with E-state index in [-0.39, 0.29) is 12.6 Å². The number of ether oxygens (including phenoxy) is 1. The van der Waals surface area contributed by atoms with Crippen molar-refractivity contribution in [1.29, 1.82) is 0 Å². The van der Waals surface area contributed by atoms with Gasteiger partial charge in [-0.25, -0.2) is 8.78 Å². The maximum absolute atomic E-state index is 13.1. The lowest BCUT2D eigenvalue weighted by molar-refractivity contribution is 0.301. The van der Waals surface area contributed by atoms with Crippen molar-refractivity contribution in [2.45, 2.75) is 32.4 Å². The van der Waals surface area contributed by atoms with Gasteiger partial charge in [0, 0.05) is 12.1 Å². The van der Waals surface area contributed by atoms with Gasteiger partial charge in [0.05, 0.1) is 0 Å². The van der Waals surface area contributed by atoms with Gasteiger partial charge in [-0.2, -0.15) is 0 Å². The van der Waals surface area contributed by atoms with Crippen molar-refractivity contribution in [2.24, 2.45) is 5.73 Å². The van der Waals surface area contributed by atoms with Gasteiger partial charge in [0.1, 0.15) is 24.0 Å². The molecule has 0 saturated heterocycles. The Morgan fingerprint density at radius 2 is 1.76 bits per heavy atom. The van der Waals surface area contributed by atoms with Crippen LogP contribution < -0.4 is 10.5 Å². The Balaban J connectivity index is 2.09. The van der Waals surface area contributed by atoms with Gasteiger partial charge in [0.2, 0.25) is 0 Å².